The summed E-state index contributed by atoms with van der Waals surface area (Å²) in [5.74, 6) is 0.277. The lowest BCUT2D eigenvalue weighted by atomic mass is 10.1. The van der Waals surface area contributed by atoms with Crippen LogP contribution < -0.4 is 11.1 Å². The first-order valence-corrected chi connectivity index (χ1v) is 5.26. The largest absolute Gasteiger partial charge is 0.398 e. The van der Waals surface area contributed by atoms with Crippen molar-refractivity contribution in [3.05, 3.63) is 53.7 Å². The minimum atomic E-state index is -0.237. The van der Waals surface area contributed by atoms with E-state index in [0.717, 1.165) is 5.56 Å². The van der Waals surface area contributed by atoms with Crippen molar-refractivity contribution >= 4 is 17.4 Å². The third-order valence-corrected chi connectivity index (χ3v) is 2.44. The highest BCUT2D eigenvalue weighted by Gasteiger charge is 2.12. The second kappa shape index (κ2) is 4.65. The van der Waals surface area contributed by atoms with Crippen LogP contribution in [0, 0.1) is 6.92 Å². The molecule has 0 saturated carbocycles. The predicted octanol–water partition coefficient (Wildman–Crippen LogP) is 2.22. The maximum Gasteiger partial charge on any atom is 0.259 e. The Labute approximate surface area is 99.5 Å². The van der Waals surface area contributed by atoms with Crippen LogP contribution in [0.2, 0.25) is 0 Å². The van der Waals surface area contributed by atoms with Gasteiger partial charge in [0.25, 0.3) is 5.91 Å². The van der Waals surface area contributed by atoms with Gasteiger partial charge in [-0.1, -0.05) is 18.2 Å². The van der Waals surface area contributed by atoms with Crippen LogP contribution in [0.1, 0.15) is 15.9 Å². The maximum atomic E-state index is 12.0. The van der Waals surface area contributed by atoms with Crippen molar-refractivity contribution in [1.82, 2.24) is 4.98 Å². The molecule has 3 N–H and O–H groups in total. The summed E-state index contributed by atoms with van der Waals surface area (Å²) in [6, 6.07) is 10.7. The third-order valence-electron chi connectivity index (χ3n) is 2.44. The van der Waals surface area contributed by atoms with Crippen molar-refractivity contribution in [2.45, 2.75) is 6.92 Å². The van der Waals surface area contributed by atoms with E-state index in [-0.39, 0.29) is 5.91 Å². The molecule has 0 aliphatic heterocycles. The fourth-order valence-electron chi connectivity index (χ4n) is 1.62. The first-order valence-electron chi connectivity index (χ1n) is 5.26. The van der Waals surface area contributed by atoms with E-state index in [9.17, 15) is 4.79 Å². The lowest BCUT2D eigenvalue weighted by Crippen LogP contribution is -2.16. The Morgan fingerprint density at radius 2 is 2.06 bits per heavy atom. The molecule has 0 bridgehead atoms. The van der Waals surface area contributed by atoms with Gasteiger partial charge < -0.3 is 11.1 Å². The van der Waals surface area contributed by atoms with Gasteiger partial charge in [-0.15, -0.1) is 0 Å². The van der Waals surface area contributed by atoms with Gasteiger partial charge in [-0.2, -0.15) is 0 Å². The van der Waals surface area contributed by atoms with E-state index in [0.29, 0.717) is 17.1 Å². The molecule has 0 spiro atoms. The number of aryl methyl sites for hydroxylation is 1. The molecule has 0 aliphatic carbocycles. The van der Waals surface area contributed by atoms with E-state index < -0.39 is 0 Å². The number of pyridine rings is 1. The molecule has 0 unspecified atom stereocenters. The number of nitrogens with one attached hydrogen (secondary N) is 1. The van der Waals surface area contributed by atoms with Gasteiger partial charge in [-0.25, -0.2) is 4.98 Å². The third kappa shape index (κ3) is 2.42. The molecule has 0 saturated heterocycles. The molecule has 1 aromatic carbocycles. The number of aromatic nitrogens is 1. The molecule has 0 aliphatic rings. The molecule has 2 rings (SSSR count). The average molecular weight is 227 g/mol. The van der Waals surface area contributed by atoms with Gasteiger partial charge >= 0.3 is 0 Å². The Morgan fingerprint density at radius 1 is 1.24 bits per heavy atom. The van der Waals surface area contributed by atoms with Gasteiger partial charge in [0, 0.05) is 11.9 Å². The van der Waals surface area contributed by atoms with E-state index in [1.165, 1.54) is 0 Å². The summed E-state index contributed by atoms with van der Waals surface area (Å²) in [6.07, 6.45) is 1.62. The number of carbonyl (C=O) groups excluding carboxylic acids is 1. The zero-order chi connectivity index (χ0) is 12.3. The number of nitrogens with zero attached hydrogens (tertiary/aromatic N) is 1. The monoisotopic (exact) mass is 227 g/mol. The number of hydrogen-bond acceptors (Lipinski definition) is 3. The zero-order valence-electron chi connectivity index (χ0n) is 9.47. The molecule has 1 aromatic heterocycles. The number of carbonyl (C=O) groups is 1. The molecule has 4 heteroatoms. The van der Waals surface area contributed by atoms with E-state index in [4.69, 9.17) is 5.73 Å². The summed E-state index contributed by atoms with van der Waals surface area (Å²) in [4.78, 5) is 16.1. The lowest BCUT2D eigenvalue weighted by molar-refractivity contribution is 0.102. The van der Waals surface area contributed by atoms with Crippen LogP contribution >= 0.6 is 0 Å². The topological polar surface area (TPSA) is 68.0 Å². The molecular weight excluding hydrogens is 214 g/mol. The summed E-state index contributed by atoms with van der Waals surface area (Å²) in [7, 11) is 0. The van der Waals surface area contributed by atoms with Crippen LogP contribution in [-0.4, -0.2) is 10.9 Å². The van der Waals surface area contributed by atoms with Crippen LogP contribution in [0.4, 0.5) is 11.5 Å². The lowest BCUT2D eigenvalue weighted by Gasteiger charge is -2.09. The van der Waals surface area contributed by atoms with E-state index in [1.54, 1.807) is 24.4 Å². The van der Waals surface area contributed by atoms with Crippen molar-refractivity contribution in [2.75, 3.05) is 11.1 Å². The summed E-state index contributed by atoms with van der Waals surface area (Å²) in [5, 5.41) is 2.71. The number of anilines is 2. The molecule has 2 aromatic rings. The molecule has 1 amide bonds. The highest BCUT2D eigenvalue weighted by atomic mass is 16.1. The van der Waals surface area contributed by atoms with Gasteiger partial charge in [-0.3, -0.25) is 4.79 Å². The molecule has 0 fully saturated rings. The Balaban J connectivity index is 2.27. The van der Waals surface area contributed by atoms with Gasteiger partial charge in [-0.05, 0) is 30.7 Å². The van der Waals surface area contributed by atoms with Crippen LogP contribution in [0.3, 0.4) is 0 Å². The van der Waals surface area contributed by atoms with Crippen LogP contribution in [0.15, 0.2) is 42.6 Å². The number of hydrogen-bond donors (Lipinski definition) is 2. The SMILES string of the molecule is Cc1cccc(N)c1C(=O)Nc1ccccn1. The number of nitrogens with two attached hydrogens (primary N) is 1. The average Bonchev–Trinajstić information content (AvgIpc) is 2.30. The van der Waals surface area contributed by atoms with Crippen molar-refractivity contribution < 1.29 is 4.79 Å². The van der Waals surface area contributed by atoms with Gasteiger partial charge in [0.15, 0.2) is 0 Å². The number of nitrogen functional groups attached to an aromatic ring is 1. The fraction of sp³-hybridized carbons (Fsp3) is 0.0769. The number of amides is 1. The second-order valence-electron chi connectivity index (χ2n) is 3.71. The smallest absolute Gasteiger partial charge is 0.259 e. The number of rotatable bonds is 2. The predicted molar refractivity (Wildman–Crippen MR) is 67.8 cm³/mol. The Bertz CT molecular complexity index is 517. The molecule has 0 atom stereocenters. The minimum Gasteiger partial charge on any atom is -0.398 e. The molecule has 86 valence electrons. The van der Waals surface area contributed by atoms with Crippen molar-refractivity contribution in [2.24, 2.45) is 0 Å². The van der Waals surface area contributed by atoms with Crippen molar-refractivity contribution in [3.8, 4) is 0 Å². The van der Waals surface area contributed by atoms with Crippen molar-refractivity contribution in [3.63, 3.8) is 0 Å². The van der Waals surface area contributed by atoms with Gasteiger partial charge in [0.1, 0.15) is 5.82 Å². The normalized spacial score (nSPS) is 9.94. The van der Waals surface area contributed by atoms with Crippen LogP contribution in [-0.2, 0) is 0 Å². The van der Waals surface area contributed by atoms with Crippen LogP contribution in [0.5, 0.6) is 0 Å². The van der Waals surface area contributed by atoms with Gasteiger partial charge in [0.2, 0.25) is 0 Å². The fourth-order valence-corrected chi connectivity index (χ4v) is 1.62. The standard InChI is InChI=1S/C13H13N3O/c1-9-5-4-6-10(14)12(9)13(17)16-11-7-2-3-8-15-11/h2-8H,14H2,1H3,(H,15,16,17). The Morgan fingerprint density at radius 3 is 2.71 bits per heavy atom. The molecule has 17 heavy (non-hydrogen) atoms. The molecular formula is C13H13N3O. The maximum absolute atomic E-state index is 12.0. The molecule has 4 nitrogen and oxygen atoms in total. The highest BCUT2D eigenvalue weighted by molar-refractivity contribution is 6.08. The minimum absolute atomic E-state index is 0.237. The highest BCUT2D eigenvalue weighted by Crippen LogP contribution is 2.17. The summed E-state index contributed by atoms with van der Waals surface area (Å²) in [5.41, 5.74) is 7.61. The zero-order valence-corrected chi connectivity index (χ0v) is 9.47. The van der Waals surface area contributed by atoms with Crippen molar-refractivity contribution in [1.29, 1.82) is 0 Å². The van der Waals surface area contributed by atoms with E-state index in [1.807, 2.05) is 25.1 Å². The first-order chi connectivity index (χ1) is 8.18. The van der Waals surface area contributed by atoms with Crippen LogP contribution in [0.25, 0.3) is 0 Å². The molecule has 1 heterocycles. The second-order valence-corrected chi connectivity index (χ2v) is 3.71. The summed E-state index contributed by atoms with van der Waals surface area (Å²) >= 11 is 0. The quantitative estimate of drug-likeness (QED) is 0.773. The summed E-state index contributed by atoms with van der Waals surface area (Å²) < 4.78 is 0. The summed E-state index contributed by atoms with van der Waals surface area (Å²) in [6.45, 7) is 1.85. The molecule has 0 radical (unpaired) electrons. The van der Waals surface area contributed by atoms with E-state index >= 15 is 0 Å². The first kappa shape index (κ1) is 11.1. The van der Waals surface area contributed by atoms with Gasteiger partial charge in [0.05, 0.1) is 5.56 Å². The number of benzene rings is 1. The van der Waals surface area contributed by atoms with E-state index in [2.05, 4.69) is 10.3 Å². The Kier molecular flexibility index (Phi) is 3.05. The Hall–Kier alpha value is -2.36.